The van der Waals surface area contributed by atoms with Gasteiger partial charge in [-0.2, -0.15) is 4.31 Å². The van der Waals surface area contributed by atoms with Gasteiger partial charge in [-0.3, -0.25) is 4.79 Å². The van der Waals surface area contributed by atoms with E-state index in [1.54, 1.807) is 24.3 Å². The smallest absolute Gasteiger partial charge is 0.290 e. The van der Waals surface area contributed by atoms with Crippen LogP contribution >= 0.6 is 0 Å². The molecule has 2 atom stereocenters. The lowest BCUT2D eigenvalue weighted by Gasteiger charge is -2.30. The summed E-state index contributed by atoms with van der Waals surface area (Å²) >= 11 is 0. The Morgan fingerprint density at radius 2 is 1.67 bits per heavy atom. The van der Waals surface area contributed by atoms with Gasteiger partial charge in [0.25, 0.3) is 5.91 Å². The Morgan fingerprint density at radius 1 is 0.935 bits per heavy atom. The number of hydrogen-bond donors (Lipinski definition) is 2. The van der Waals surface area contributed by atoms with Crippen LogP contribution in [-0.2, 0) is 30.7 Å². The van der Waals surface area contributed by atoms with E-state index < -0.39 is 22.2 Å². The first kappa shape index (κ1) is 31.5. The Hall–Kier alpha value is -4.48. The fourth-order valence-corrected chi connectivity index (χ4v) is 7.32. The number of allylic oxidation sites excluding steroid dienone is 1. The normalized spacial score (nSPS) is 17.1. The number of sulfonamides is 1. The minimum atomic E-state index is -3.91. The number of benzene rings is 4. The maximum Gasteiger partial charge on any atom is 0.290 e. The molecule has 4 aromatic carbocycles. The van der Waals surface area contributed by atoms with Crippen molar-refractivity contribution in [3.8, 4) is 16.9 Å². The van der Waals surface area contributed by atoms with Gasteiger partial charge < -0.3 is 24.6 Å². The SMILES string of the molecule is COc1ccc(S(=O)(=O)N(CCO)CCO[C@H]2C[C@@H](c3ccc4c(c3)Cc3ccccc3-4)C=C(C(=O)Nc3ccccc3)O2)cc1. The van der Waals surface area contributed by atoms with Crippen molar-refractivity contribution in [2.24, 2.45) is 0 Å². The standard InChI is InChI=1S/C36H36N2O7S/c1-43-30-12-14-31(15-13-30)46(41,42)38(17-19-39)18-20-44-35-24-27(23-34(45-35)36(40)37-29-8-3-2-4-9-29)25-11-16-33-28(21-25)22-26-7-5-6-10-32(26)33/h2-16,21,23,27,35,39H,17-20,22,24H2,1H3,(H,37,40)/t27-,35+/m0/s1. The molecule has 238 valence electrons. The number of amides is 1. The van der Waals surface area contributed by atoms with Gasteiger partial charge in [0, 0.05) is 31.1 Å². The number of rotatable bonds is 12. The van der Waals surface area contributed by atoms with E-state index in [-0.39, 0.29) is 42.9 Å². The summed E-state index contributed by atoms with van der Waals surface area (Å²) in [6.45, 7) is -0.494. The quantitative estimate of drug-likeness (QED) is 0.190. The zero-order valence-corrected chi connectivity index (χ0v) is 26.3. The molecule has 1 aliphatic carbocycles. The molecule has 0 fully saturated rings. The summed E-state index contributed by atoms with van der Waals surface area (Å²) in [5, 5.41) is 12.5. The van der Waals surface area contributed by atoms with Crippen molar-refractivity contribution in [1.29, 1.82) is 0 Å². The molecular formula is C36H36N2O7S. The Kier molecular flexibility index (Phi) is 9.51. The van der Waals surface area contributed by atoms with Crippen LogP contribution < -0.4 is 10.1 Å². The molecule has 46 heavy (non-hydrogen) atoms. The first-order valence-electron chi connectivity index (χ1n) is 15.2. The number of aliphatic hydroxyl groups is 1. The van der Waals surface area contributed by atoms with Gasteiger partial charge in [0.05, 0.1) is 25.2 Å². The third-order valence-corrected chi connectivity index (χ3v) is 10.2. The fraction of sp³-hybridized carbons (Fsp3) is 0.250. The number of methoxy groups -OCH3 is 1. The maximum absolute atomic E-state index is 13.4. The lowest BCUT2D eigenvalue weighted by molar-refractivity contribution is -0.143. The second-order valence-electron chi connectivity index (χ2n) is 11.2. The summed E-state index contributed by atoms with van der Waals surface area (Å²) in [6, 6.07) is 30.0. The van der Waals surface area contributed by atoms with Crippen molar-refractivity contribution >= 4 is 21.6 Å². The molecule has 0 saturated heterocycles. The number of nitrogens with one attached hydrogen (secondary N) is 1. The minimum absolute atomic E-state index is 0.0140. The zero-order valence-electron chi connectivity index (χ0n) is 25.5. The molecule has 1 aliphatic heterocycles. The summed E-state index contributed by atoms with van der Waals surface area (Å²) in [7, 11) is -2.40. The van der Waals surface area contributed by atoms with Gasteiger partial charge in [-0.25, -0.2) is 8.42 Å². The molecule has 6 rings (SSSR count). The van der Waals surface area contributed by atoms with Gasteiger partial charge in [-0.15, -0.1) is 0 Å². The molecule has 0 saturated carbocycles. The van der Waals surface area contributed by atoms with Crippen molar-refractivity contribution < 1.29 is 32.5 Å². The topological polar surface area (TPSA) is 114 Å². The first-order chi connectivity index (χ1) is 22.4. The molecule has 0 unspecified atom stereocenters. The van der Waals surface area contributed by atoms with E-state index in [0.717, 1.165) is 12.0 Å². The van der Waals surface area contributed by atoms with Gasteiger partial charge in [0.2, 0.25) is 16.3 Å². The highest BCUT2D eigenvalue weighted by Crippen LogP contribution is 2.40. The summed E-state index contributed by atoms with van der Waals surface area (Å²) in [4.78, 5) is 13.4. The number of hydrogen-bond acceptors (Lipinski definition) is 7. The van der Waals surface area contributed by atoms with Crippen LogP contribution in [0.2, 0.25) is 0 Å². The van der Waals surface area contributed by atoms with Crippen LogP contribution in [0.1, 0.15) is 29.0 Å². The predicted molar refractivity (Wildman–Crippen MR) is 175 cm³/mol. The highest BCUT2D eigenvalue weighted by Gasteiger charge is 2.31. The number of anilines is 1. The Bertz CT molecular complexity index is 1830. The third-order valence-electron chi connectivity index (χ3n) is 8.25. The fourth-order valence-electron chi connectivity index (χ4n) is 5.91. The predicted octanol–water partition coefficient (Wildman–Crippen LogP) is 5.32. The van der Waals surface area contributed by atoms with Crippen LogP contribution in [0.4, 0.5) is 5.69 Å². The van der Waals surface area contributed by atoms with Crippen LogP contribution in [0.3, 0.4) is 0 Å². The zero-order chi connectivity index (χ0) is 32.1. The Morgan fingerprint density at radius 3 is 2.43 bits per heavy atom. The van der Waals surface area contributed by atoms with Crippen LogP contribution in [0.15, 0.2) is 114 Å². The maximum atomic E-state index is 13.4. The molecule has 4 aromatic rings. The molecule has 1 heterocycles. The average Bonchev–Trinajstić information content (AvgIpc) is 3.46. The molecule has 1 amide bonds. The Balaban J connectivity index is 1.19. The van der Waals surface area contributed by atoms with Gasteiger partial charge in [-0.05, 0) is 76.7 Å². The van der Waals surface area contributed by atoms with Gasteiger partial charge >= 0.3 is 0 Å². The van der Waals surface area contributed by atoms with E-state index in [4.69, 9.17) is 14.2 Å². The minimum Gasteiger partial charge on any atom is -0.497 e. The number of aliphatic hydroxyl groups excluding tert-OH is 1. The van der Waals surface area contributed by atoms with E-state index in [9.17, 15) is 18.3 Å². The number of carbonyl (C=O) groups is 1. The molecule has 9 nitrogen and oxygen atoms in total. The second-order valence-corrected chi connectivity index (χ2v) is 13.1. The molecule has 0 bridgehead atoms. The highest BCUT2D eigenvalue weighted by molar-refractivity contribution is 7.89. The lowest BCUT2D eigenvalue weighted by atomic mass is 9.90. The van der Waals surface area contributed by atoms with Crippen molar-refractivity contribution in [3.63, 3.8) is 0 Å². The molecule has 2 N–H and O–H groups in total. The lowest BCUT2D eigenvalue weighted by Crippen LogP contribution is -2.37. The Labute approximate surface area is 269 Å². The van der Waals surface area contributed by atoms with Crippen molar-refractivity contribution in [1.82, 2.24) is 4.31 Å². The van der Waals surface area contributed by atoms with Crippen molar-refractivity contribution in [2.45, 2.75) is 29.9 Å². The summed E-state index contributed by atoms with van der Waals surface area (Å²) in [6.07, 6.45) is 2.29. The molecular weight excluding hydrogens is 604 g/mol. The van der Waals surface area contributed by atoms with Crippen LogP contribution in [-0.4, -0.2) is 63.4 Å². The monoisotopic (exact) mass is 640 g/mol. The second kappa shape index (κ2) is 13.9. The summed E-state index contributed by atoms with van der Waals surface area (Å²) in [5.41, 5.74) is 6.65. The molecule has 10 heteroatoms. The average molecular weight is 641 g/mol. The molecule has 0 spiro atoms. The number of fused-ring (bicyclic) bond motifs is 3. The van der Waals surface area contributed by atoms with E-state index in [1.165, 1.54) is 45.8 Å². The van der Waals surface area contributed by atoms with E-state index in [2.05, 4.69) is 41.7 Å². The first-order valence-corrected chi connectivity index (χ1v) is 16.6. The number of nitrogens with zero attached hydrogens (tertiary/aromatic N) is 1. The van der Waals surface area contributed by atoms with Crippen LogP contribution in [0.5, 0.6) is 5.75 Å². The number of carbonyl (C=O) groups excluding carboxylic acids is 1. The van der Waals surface area contributed by atoms with Crippen LogP contribution in [0, 0.1) is 0 Å². The summed E-state index contributed by atoms with van der Waals surface area (Å²) in [5.74, 6) is 0.0861. The van der Waals surface area contributed by atoms with Crippen molar-refractivity contribution in [2.75, 3.05) is 38.7 Å². The van der Waals surface area contributed by atoms with E-state index in [0.29, 0.717) is 17.9 Å². The van der Waals surface area contributed by atoms with Crippen LogP contribution in [0.25, 0.3) is 11.1 Å². The molecule has 0 aromatic heterocycles. The third kappa shape index (κ3) is 6.85. The molecule has 2 aliphatic rings. The highest BCUT2D eigenvalue weighted by atomic mass is 32.2. The van der Waals surface area contributed by atoms with E-state index >= 15 is 0 Å². The summed E-state index contributed by atoms with van der Waals surface area (Å²) < 4.78 is 45.2. The van der Waals surface area contributed by atoms with Crippen molar-refractivity contribution in [3.05, 3.63) is 126 Å². The largest absolute Gasteiger partial charge is 0.497 e. The van der Waals surface area contributed by atoms with Gasteiger partial charge in [0.15, 0.2) is 5.76 Å². The number of para-hydroxylation sites is 1. The van der Waals surface area contributed by atoms with Gasteiger partial charge in [-0.1, -0.05) is 60.7 Å². The van der Waals surface area contributed by atoms with Gasteiger partial charge in [0.1, 0.15) is 5.75 Å². The van der Waals surface area contributed by atoms with E-state index in [1.807, 2.05) is 30.3 Å². The molecule has 0 radical (unpaired) electrons. The number of ether oxygens (including phenoxy) is 3.